The van der Waals surface area contributed by atoms with Crippen LogP contribution in [-0.4, -0.2) is 5.11 Å². The lowest BCUT2D eigenvalue weighted by atomic mass is 9.85. The Morgan fingerprint density at radius 3 is 2.30 bits per heavy atom. The quantitative estimate of drug-likeness (QED) is 0.836. The van der Waals surface area contributed by atoms with Crippen molar-refractivity contribution in [2.24, 2.45) is 0 Å². The SMILES string of the molecule is CC(C)(C)c1ccc(Br)c(C(O)Cc2ccccc2)c1. The fraction of sp³-hybridized carbons (Fsp3) is 0.333. The molecular formula is C18H21BrO. The summed E-state index contributed by atoms with van der Waals surface area (Å²) in [6.45, 7) is 6.55. The van der Waals surface area contributed by atoms with Crippen LogP contribution in [0.4, 0.5) is 0 Å². The number of rotatable bonds is 3. The second-order valence-corrected chi connectivity index (χ2v) is 7.05. The van der Waals surface area contributed by atoms with Gasteiger partial charge in [0.05, 0.1) is 6.10 Å². The first kappa shape index (κ1) is 15.3. The molecule has 0 aliphatic carbocycles. The van der Waals surface area contributed by atoms with Gasteiger partial charge in [-0.05, 0) is 28.2 Å². The monoisotopic (exact) mass is 332 g/mol. The normalized spacial score (nSPS) is 13.2. The molecule has 1 atom stereocenters. The Morgan fingerprint density at radius 2 is 1.70 bits per heavy atom. The molecule has 0 heterocycles. The molecule has 0 fully saturated rings. The molecule has 0 spiro atoms. The van der Waals surface area contributed by atoms with Crippen LogP contribution in [0.25, 0.3) is 0 Å². The van der Waals surface area contributed by atoms with Crippen molar-refractivity contribution in [1.29, 1.82) is 0 Å². The maximum absolute atomic E-state index is 10.5. The van der Waals surface area contributed by atoms with Crippen molar-refractivity contribution in [3.05, 3.63) is 69.7 Å². The number of benzene rings is 2. The Morgan fingerprint density at radius 1 is 1.05 bits per heavy atom. The van der Waals surface area contributed by atoms with E-state index in [0.29, 0.717) is 6.42 Å². The average Bonchev–Trinajstić information content (AvgIpc) is 2.39. The van der Waals surface area contributed by atoms with Crippen LogP contribution in [0.2, 0.25) is 0 Å². The number of halogens is 1. The smallest absolute Gasteiger partial charge is 0.0841 e. The highest BCUT2D eigenvalue weighted by Crippen LogP contribution is 2.31. The second-order valence-electron chi connectivity index (χ2n) is 6.19. The maximum atomic E-state index is 10.5. The van der Waals surface area contributed by atoms with E-state index >= 15 is 0 Å². The second kappa shape index (κ2) is 6.11. The first-order chi connectivity index (χ1) is 9.38. The van der Waals surface area contributed by atoms with Gasteiger partial charge in [-0.25, -0.2) is 0 Å². The zero-order valence-corrected chi connectivity index (χ0v) is 13.8. The average molecular weight is 333 g/mol. The van der Waals surface area contributed by atoms with Crippen molar-refractivity contribution in [2.75, 3.05) is 0 Å². The molecular weight excluding hydrogens is 312 g/mol. The van der Waals surface area contributed by atoms with Gasteiger partial charge in [-0.1, -0.05) is 79.2 Å². The molecule has 2 rings (SSSR count). The first-order valence-corrected chi connectivity index (χ1v) is 7.69. The van der Waals surface area contributed by atoms with Crippen LogP contribution in [-0.2, 0) is 11.8 Å². The summed E-state index contributed by atoms with van der Waals surface area (Å²) in [5.74, 6) is 0. The summed E-state index contributed by atoms with van der Waals surface area (Å²) in [7, 11) is 0. The van der Waals surface area contributed by atoms with E-state index in [9.17, 15) is 5.11 Å². The van der Waals surface area contributed by atoms with Gasteiger partial charge in [0, 0.05) is 10.9 Å². The van der Waals surface area contributed by atoms with Gasteiger partial charge in [-0.15, -0.1) is 0 Å². The summed E-state index contributed by atoms with van der Waals surface area (Å²) in [5.41, 5.74) is 3.43. The van der Waals surface area contributed by atoms with Crippen LogP contribution in [0.3, 0.4) is 0 Å². The molecule has 0 saturated heterocycles. The predicted octanol–water partition coefficient (Wildman–Crippen LogP) is 5.02. The topological polar surface area (TPSA) is 20.2 Å². The number of aliphatic hydroxyl groups excluding tert-OH is 1. The highest BCUT2D eigenvalue weighted by Gasteiger charge is 2.18. The molecule has 0 aromatic heterocycles. The van der Waals surface area contributed by atoms with Crippen molar-refractivity contribution in [1.82, 2.24) is 0 Å². The van der Waals surface area contributed by atoms with Crippen molar-refractivity contribution in [3.8, 4) is 0 Å². The molecule has 0 aliphatic rings. The predicted molar refractivity (Wildman–Crippen MR) is 87.9 cm³/mol. The fourth-order valence-electron chi connectivity index (χ4n) is 2.21. The molecule has 2 aromatic carbocycles. The Kier molecular flexibility index (Phi) is 4.66. The van der Waals surface area contributed by atoms with E-state index in [1.165, 1.54) is 5.56 Å². The Hall–Kier alpha value is -1.12. The van der Waals surface area contributed by atoms with Crippen molar-refractivity contribution >= 4 is 15.9 Å². The Labute approximate surface area is 129 Å². The van der Waals surface area contributed by atoms with Crippen LogP contribution >= 0.6 is 15.9 Å². The summed E-state index contributed by atoms with van der Waals surface area (Å²) in [5, 5.41) is 10.5. The number of hydrogen-bond acceptors (Lipinski definition) is 1. The van der Waals surface area contributed by atoms with Crippen LogP contribution < -0.4 is 0 Å². The standard InChI is InChI=1S/C18H21BrO/c1-18(2,3)14-9-10-16(19)15(12-14)17(20)11-13-7-5-4-6-8-13/h4-10,12,17,20H,11H2,1-3H3. The van der Waals surface area contributed by atoms with E-state index in [4.69, 9.17) is 0 Å². The van der Waals surface area contributed by atoms with Crippen molar-refractivity contribution in [3.63, 3.8) is 0 Å². The zero-order chi connectivity index (χ0) is 14.8. The molecule has 2 aromatic rings. The lowest BCUT2D eigenvalue weighted by Gasteiger charge is -2.22. The van der Waals surface area contributed by atoms with Crippen LogP contribution in [0.15, 0.2) is 53.0 Å². The Bertz CT molecular complexity index is 570. The van der Waals surface area contributed by atoms with E-state index in [-0.39, 0.29) is 5.41 Å². The van der Waals surface area contributed by atoms with Gasteiger partial charge in [0.25, 0.3) is 0 Å². The summed E-state index contributed by atoms with van der Waals surface area (Å²) in [6.07, 6.45) is 0.140. The van der Waals surface area contributed by atoms with Gasteiger partial charge < -0.3 is 5.11 Å². The van der Waals surface area contributed by atoms with E-state index in [1.54, 1.807) is 0 Å². The summed E-state index contributed by atoms with van der Waals surface area (Å²) in [6, 6.07) is 16.3. The minimum atomic E-state index is -0.492. The van der Waals surface area contributed by atoms with Gasteiger partial charge in [-0.2, -0.15) is 0 Å². The van der Waals surface area contributed by atoms with Gasteiger partial charge >= 0.3 is 0 Å². The van der Waals surface area contributed by atoms with Gasteiger partial charge in [0.2, 0.25) is 0 Å². The van der Waals surface area contributed by atoms with E-state index in [1.807, 2.05) is 36.4 Å². The first-order valence-electron chi connectivity index (χ1n) is 6.90. The third-order valence-electron chi connectivity index (χ3n) is 3.49. The molecule has 2 heteroatoms. The molecule has 0 radical (unpaired) electrons. The lowest BCUT2D eigenvalue weighted by molar-refractivity contribution is 0.177. The minimum absolute atomic E-state index is 0.0852. The summed E-state index contributed by atoms with van der Waals surface area (Å²) >= 11 is 3.55. The highest BCUT2D eigenvalue weighted by atomic mass is 79.9. The minimum Gasteiger partial charge on any atom is -0.388 e. The molecule has 106 valence electrons. The maximum Gasteiger partial charge on any atom is 0.0841 e. The molecule has 0 amide bonds. The van der Waals surface area contributed by atoms with Crippen LogP contribution in [0.1, 0.15) is 43.6 Å². The third kappa shape index (κ3) is 3.71. The van der Waals surface area contributed by atoms with Gasteiger partial charge in [0.15, 0.2) is 0 Å². The molecule has 1 unspecified atom stereocenters. The number of hydrogen-bond donors (Lipinski definition) is 1. The molecule has 1 N–H and O–H groups in total. The third-order valence-corrected chi connectivity index (χ3v) is 4.22. The summed E-state index contributed by atoms with van der Waals surface area (Å²) < 4.78 is 0.967. The molecule has 0 bridgehead atoms. The Balaban J connectivity index is 2.27. The van der Waals surface area contributed by atoms with E-state index in [2.05, 4.69) is 48.8 Å². The van der Waals surface area contributed by atoms with Crippen molar-refractivity contribution < 1.29 is 5.11 Å². The van der Waals surface area contributed by atoms with Crippen LogP contribution in [0, 0.1) is 0 Å². The molecule has 20 heavy (non-hydrogen) atoms. The van der Waals surface area contributed by atoms with E-state index in [0.717, 1.165) is 15.6 Å². The molecule has 1 nitrogen and oxygen atoms in total. The summed E-state index contributed by atoms with van der Waals surface area (Å²) in [4.78, 5) is 0. The van der Waals surface area contributed by atoms with Gasteiger partial charge in [0.1, 0.15) is 0 Å². The van der Waals surface area contributed by atoms with E-state index < -0.39 is 6.10 Å². The highest BCUT2D eigenvalue weighted by molar-refractivity contribution is 9.10. The van der Waals surface area contributed by atoms with Crippen molar-refractivity contribution in [2.45, 2.75) is 38.7 Å². The van der Waals surface area contributed by atoms with Gasteiger partial charge in [-0.3, -0.25) is 0 Å². The number of aliphatic hydroxyl groups is 1. The lowest BCUT2D eigenvalue weighted by Crippen LogP contribution is -2.12. The molecule has 0 aliphatic heterocycles. The largest absolute Gasteiger partial charge is 0.388 e. The zero-order valence-electron chi connectivity index (χ0n) is 12.2. The molecule has 0 saturated carbocycles. The van der Waals surface area contributed by atoms with Crippen LogP contribution in [0.5, 0.6) is 0 Å². The fourth-order valence-corrected chi connectivity index (χ4v) is 2.72.